The van der Waals surface area contributed by atoms with E-state index < -0.39 is 23.9 Å². The van der Waals surface area contributed by atoms with Crippen molar-refractivity contribution in [2.45, 2.75) is 18.5 Å². The third-order valence-corrected chi connectivity index (χ3v) is 2.37. The van der Waals surface area contributed by atoms with E-state index in [1.54, 1.807) is 0 Å². The highest BCUT2D eigenvalue weighted by Crippen LogP contribution is 2.35. The van der Waals surface area contributed by atoms with Crippen LogP contribution in [-0.2, 0) is 11.6 Å². The van der Waals surface area contributed by atoms with Crippen molar-refractivity contribution in [3.8, 4) is 0 Å². The lowest BCUT2D eigenvalue weighted by atomic mass is 9.83. The quantitative estimate of drug-likeness (QED) is 0.703. The topological polar surface area (TPSA) is 74.9 Å². The average Bonchev–Trinajstić information content (AvgIpc) is 2.65. The van der Waals surface area contributed by atoms with Gasteiger partial charge in [-0.15, -0.1) is 0 Å². The highest BCUT2D eigenvalue weighted by molar-refractivity contribution is 5.29. The van der Waals surface area contributed by atoms with Crippen LogP contribution in [0, 0.1) is 0 Å². The summed E-state index contributed by atoms with van der Waals surface area (Å²) in [6.45, 7) is 0.894. The Bertz CT molecular complexity index is 330. The molecule has 1 heterocycles. The molecule has 0 aliphatic heterocycles. The Kier molecular flexibility index (Phi) is 3.05. The van der Waals surface area contributed by atoms with Crippen LogP contribution in [-0.4, -0.2) is 28.5 Å². The predicted octanol–water partition coefficient (Wildman–Crippen LogP) is 0.637. The van der Waals surface area contributed by atoms with Gasteiger partial charge in [-0.3, -0.25) is 5.10 Å². The smallest absolute Gasteiger partial charge is 0.395 e. The van der Waals surface area contributed by atoms with E-state index >= 15 is 0 Å². The molecule has 1 unspecified atom stereocenters. The van der Waals surface area contributed by atoms with Crippen molar-refractivity contribution in [2.75, 3.05) is 13.2 Å². The summed E-state index contributed by atoms with van der Waals surface area (Å²) in [4.78, 5) is 0. The minimum Gasteiger partial charge on any atom is -0.395 e. The minimum atomic E-state index is -4.52. The van der Waals surface area contributed by atoms with Gasteiger partial charge in [0.2, 0.25) is 0 Å². The van der Waals surface area contributed by atoms with E-state index in [9.17, 15) is 13.2 Å². The van der Waals surface area contributed by atoms with Crippen LogP contribution >= 0.6 is 0 Å². The summed E-state index contributed by atoms with van der Waals surface area (Å²) in [6.07, 6.45) is -3.47. The molecule has 4 nitrogen and oxygen atoms in total. The Balaban J connectivity index is 3.21. The number of aromatic nitrogens is 2. The zero-order chi connectivity index (χ0) is 11.7. The Morgan fingerprint density at radius 3 is 2.53 bits per heavy atom. The van der Waals surface area contributed by atoms with Gasteiger partial charge in [0, 0.05) is 17.5 Å². The van der Waals surface area contributed by atoms with Crippen LogP contribution in [0.2, 0.25) is 0 Å². The molecule has 0 fully saturated rings. The van der Waals surface area contributed by atoms with Gasteiger partial charge >= 0.3 is 6.18 Å². The summed E-state index contributed by atoms with van der Waals surface area (Å²) in [5.74, 6) is 0. The number of aliphatic hydroxyl groups excluding tert-OH is 1. The SMILES string of the molecule is CC(CN)(CO)c1cn[nH]c1C(F)(F)F. The first-order valence-electron chi connectivity index (χ1n) is 4.27. The van der Waals surface area contributed by atoms with Crippen molar-refractivity contribution in [3.63, 3.8) is 0 Å². The number of aromatic amines is 1. The van der Waals surface area contributed by atoms with Gasteiger partial charge in [0.1, 0.15) is 5.69 Å². The maximum absolute atomic E-state index is 12.5. The second-order valence-corrected chi connectivity index (χ2v) is 3.58. The summed E-state index contributed by atoms with van der Waals surface area (Å²) in [5, 5.41) is 14.3. The number of aliphatic hydroxyl groups is 1. The van der Waals surface area contributed by atoms with E-state index in [0.717, 1.165) is 6.20 Å². The number of hydrogen-bond donors (Lipinski definition) is 3. The van der Waals surface area contributed by atoms with E-state index in [4.69, 9.17) is 10.8 Å². The zero-order valence-corrected chi connectivity index (χ0v) is 8.10. The monoisotopic (exact) mass is 223 g/mol. The summed E-state index contributed by atoms with van der Waals surface area (Å²) in [6, 6.07) is 0. The van der Waals surface area contributed by atoms with Crippen LogP contribution in [0.1, 0.15) is 18.2 Å². The molecular weight excluding hydrogens is 211 g/mol. The summed E-state index contributed by atoms with van der Waals surface area (Å²) in [5.41, 5.74) is 3.16. The molecule has 4 N–H and O–H groups in total. The highest BCUT2D eigenvalue weighted by atomic mass is 19.4. The fourth-order valence-electron chi connectivity index (χ4n) is 1.22. The molecule has 0 amide bonds. The zero-order valence-electron chi connectivity index (χ0n) is 8.10. The Morgan fingerprint density at radius 2 is 2.13 bits per heavy atom. The Morgan fingerprint density at radius 1 is 1.53 bits per heavy atom. The van der Waals surface area contributed by atoms with Gasteiger partial charge in [-0.05, 0) is 0 Å². The largest absolute Gasteiger partial charge is 0.433 e. The number of rotatable bonds is 3. The molecular formula is C8H12F3N3O. The second-order valence-electron chi connectivity index (χ2n) is 3.58. The van der Waals surface area contributed by atoms with E-state index in [1.807, 2.05) is 5.10 Å². The molecule has 86 valence electrons. The van der Waals surface area contributed by atoms with Crippen LogP contribution in [0.25, 0.3) is 0 Å². The molecule has 15 heavy (non-hydrogen) atoms. The number of nitrogens with zero attached hydrogens (tertiary/aromatic N) is 1. The number of H-pyrrole nitrogens is 1. The molecule has 1 atom stereocenters. The normalized spacial score (nSPS) is 16.4. The third kappa shape index (κ3) is 2.13. The van der Waals surface area contributed by atoms with Crippen molar-refractivity contribution in [3.05, 3.63) is 17.5 Å². The fourth-order valence-corrected chi connectivity index (χ4v) is 1.22. The predicted molar refractivity (Wildman–Crippen MR) is 47.1 cm³/mol. The lowest BCUT2D eigenvalue weighted by Crippen LogP contribution is -2.37. The summed E-state index contributed by atoms with van der Waals surface area (Å²) < 4.78 is 37.5. The Labute approximate surface area is 84.3 Å². The van der Waals surface area contributed by atoms with Crippen LogP contribution in [0.3, 0.4) is 0 Å². The molecule has 0 radical (unpaired) electrons. The average molecular weight is 223 g/mol. The third-order valence-electron chi connectivity index (χ3n) is 2.37. The molecule has 0 aromatic carbocycles. The van der Waals surface area contributed by atoms with Gasteiger partial charge in [-0.25, -0.2) is 0 Å². The first-order chi connectivity index (χ1) is 6.85. The molecule has 0 saturated heterocycles. The van der Waals surface area contributed by atoms with Crippen LogP contribution < -0.4 is 5.73 Å². The number of alkyl halides is 3. The highest BCUT2D eigenvalue weighted by Gasteiger charge is 2.40. The first-order valence-corrected chi connectivity index (χ1v) is 4.27. The molecule has 0 bridgehead atoms. The summed E-state index contributed by atoms with van der Waals surface area (Å²) in [7, 11) is 0. The minimum absolute atomic E-state index is 0.0912. The number of hydrogen-bond acceptors (Lipinski definition) is 3. The van der Waals surface area contributed by atoms with E-state index in [-0.39, 0.29) is 12.1 Å². The van der Waals surface area contributed by atoms with Gasteiger partial charge in [0.05, 0.1) is 12.8 Å². The van der Waals surface area contributed by atoms with Gasteiger partial charge < -0.3 is 10.8 Å². The molecule has 0 aliphatic carbocycles. The number of halogens is 3. The van der Waals surface area contributed by atoms with Crippen LogP contribution in [0.4, 0.5) is 13.2 Å². The van der Waals surface area contributed by atoms with Crippen molar-refractivity contribution < 1.29 is 18.3 Å². The number of nitrogens with one attached hydrogen (secondary N) is 1. The summed E-state index contributed by atoms with van der Waals surface area (Å²) >= 11 is 0. The van der Waals surface area contributed by atoms with Crippen molar-refractivity contribution in [1.29, 1.82) is 0 Å². The fraction of sp³-hybridized carbons (Fsp3) is 0.625. The van der Waals surface area contributed by atoms with Gasteiger partial charge in [0.25, 0.3) is 0 Å². The molecule has 1 aromatic rings. The molecule has 0 saturated carbocycles. The molecule has 7 heteroatoms. The van der Waals surface area contributed by atoms with E-state index in [1.165, 1.54) is 6.92 Å². The maximum Gasteiger partial charge on any atom is 0.433 e. The van der Waals surface area contributed by atoms with Crippen molar-refractivity contribution in [2.24, 2.45) is 5.73 Å². The van der Waals surface area contributed by atoms with Crippen LogP contribution in [0.15, 0.2) is 6.20 Å². The van der Waals surface area contributed by atoms with Gasteiger partial charge in [0.15, 0.2) is 0 Å². The molecule has 1 rings (SSSR count). The van der Waals surface area contributed by atoms with Gasteiger partial charge in [-0.2, -0.15) is 18.3 Å². The molecule has 0 spiro atoms. The number of nitrogens with two attached hydrogens (primary N) is 1. The van der Waals surface area contributed by atoms with E-state index in [2.05, 4.69) is 5.10 Å². The van der Waals surface area contributed by atoms with E-state index in [0.29, 0.717) is 0 Å². The van der Waals surface area contributed by atoms with Crippen LogP contribution in [0.5, 0.6) is 0 Å². The molecule has 0 aliphatic rings. The maximum atomic E-state index is 12.5. The standard InChI is InChI=1S/C8H12F3N3O/c1-7(3-12,4-15)5-2-13-14-6(5)8(9,10)11/h2,15H,3-4,12H2,1H3,(H,13,14). The van der Waals surface area contributed by atoms with Crippen molar-refractivity contribution >= 4 is 0 Å². The lowest BCUT2D eigenvalue weighted by molar-refractivity contribution is -0.142. The second kappa shape index (κ2) is 3.82. The first kappa shape index (κ1) is 12.0. The van der Waals surface area contributed by atoms with Gasteiger partial charge in [-0.1, -0.05) is 6.92 Å². The molecule has 1 aromatic heterocycles. The Hall–Kier alpha value is -1.08. The van der Waals surface area contributed by atoms with Crippen molar-refractivity contribution in [1.82, 2.24) is 10.2 Å². The lowest BCUT2D eigenvalue weighted by Gasteiger charge is -2.25.